The number of ether oxygens (including phenoxy) is 1. The highest BCUT2D eigenvalue weighted by Gasteiger charge is 2.32. The van der Waals surface area contributed by atoms with Crippen molar-refractivity contribution in [2.45, 2.75) is 12.5 Å². The lowest BCUT2D eigenvalue weighted by Crippen LogP contribution is -2.22. The van der Waals surface area contributed by atoms with Crippen LogP contribution < -0.4 is 15.0 Å². The second-order valence-electron chi connectivity index (χ2n) is 7.54. The van der Waals surface area contributed by atoms with E-state index in [2.05, 4.69) is 15.0 Å². The molecule has 1 fully saturated rings. The van der Waals surface area contributed by atoms with Crippen molar-refractivity contribution in [3.05, 3.63) is 59.7 Å². The number of carbonyl (C=O) groups is 1. The van der Waals surface area contributed by atoms with Gasteiger partial charge in [0.15, 0.2) is 0 Å². The second-order valence-corrected chi connectivity index (χ2v) is 8.43. The predicted molar refractivity (Wildman–Crippen MR) is 117 cm³/mol. The van der Waals surface area contributed by atoms with Crippen LogP contribution in [0, 0.1) is 5.92 Å². The molecular weight excluding hydrogens is 459 g/mol. The summed E-state index contributed by atoms with van der Waals surface area (Å²) in [5.74, 6) is -1.08. The maximum Gasteiger partial charge on any atom is 0.573 e. The quantitative estimate of drug-likeness (QED) is 0.499. The topological polar surface area (TPSA) is 94.9 Å². The Balaban J connectivity index is 1.56. The number of rotatable bonds is 6. The van der Waals surface area contributed by atoms with Crippen LogP contribution in [0.5, 0.6) is 5.75 Å². The molecule has 0 bridgehead atoms. The summed E-state index contributed by atoms with van der Waals surface area (Å²) in [6.07, 6.45) is -3.76. The van der Waals surface area contributed by atoms with Gasteiger partial charge in [-0.1, -0.05) is 0 Å². The Labute approximate surface area is 191 Å². The maximum absolute atomic E-state index is 12.8. The summed E-state index contributed by atoms with van der Waals surface area (Å²) in [6, 6.07) is 9.98. The molecule has 33 heavy (non-hydrogen) atoms. The molecule has 11 heteroatoms. The molecule has 0 spiro atoms. The number of benzene rings is 2. The lowest BCUT2D eigenvalue weighted by molar-refractivity contribution is -0.274. The van der Waals surface area contributed by atoms with Crippen LogP contribution >= 0.6 is 11.3 Å². The number of amides is 1. The molecule has 2 aromatic carbocycles. The molecule has 2 atom stereocenters. The second kappa shape index (κ2) is 9.38. The van der Waals surface area contributed by atoms with E-state index in [1.807, 2.05) is 4.90 Å². The Kier molecular flexibility index (Phi) is 6.54. The van der Waals surface area contributed by atoms with Gasteiger partial charge in [0.1, 0.15) is 5.75 Å². The minimum absolute atomic E-state index is 0.124. The van der Waals surface area contributed by atoms with Crippen LogP contribution in [0.1, 0.15) is 10.4 Å². The number of aliphatic hydroxyl groups is 2. The lowest BCUT2D eigenvalue weighted by atomic mass is 10.1. The zero-order valence-corrected chi connectivity index (χ0v) is 17.9. The SMILES string of the molecule is O=C(Nc1ccc(OC(F)(F)F)cc1)c1ccc(N2C[C@@H](CO)[C@H](O)C2)c(-c2cncs2)c1. The fourth-order valence-corrected chi connectivity index (χ4v) is 4.32. The molecular formula is C22H20F3N3O4S. The van der Waals surface area contributed by atoms with Crippen LogP contribution in [0.4, 0.5) is 24.5 Å². The largest absolute Gasteiger partial charge is 0.573 e. The standard InChI is InChI=1S/C22H20F3N3O4S/c23-22(24,25)32-16-4-2-15(3-5-16)27-21(31)13-1-6-18(17(7-13)20-8-26-12-33-20)28-9-14(11-29)19(30)10-28/h1-8,12,14,19,29-30H,9-11H2,(H,27,31)/t14-,19+/m0/s1. The number of nitrogens with zero attached hydrogens (tertiary/aromatic N) is 2. The molecule has 3 aromatic rings. The van der Waals surface area contributed by atoms with Gasteiger partial charge in [-0.15, -0.1) is 24.5 Å². The molecule has 4 rings (SSSR count). The van der Waals surface area contributed by atoms with Crippen molar-refractivity contribution < 1.29 is 32.9 Å². The van der Waals surface area contributed by atoms with Gasteiger partial charge in [-0.2, -0.15) is 0 Å². The summed E-state index contributed by atoms with van der Waals surface area (Å²) in [4.78, 5) is 19.7. The van der Waals surface area contributed by atoms with E-state index in [4.69, 9.17) is 0 Å². The highest BCUT2D eigenvalue weighted by atomic mass is 32.1. The summed E-state index contributed by atoms with van der Waals surface area (Å²) < 4.78 is 40.8. The molecule has 0 unspecified atom stereocenters. The van der Waals surface area contributed by atoms with Crippen molar-refractivity contribution in [3.63, 3.8) is 0 Å². The van der Waals surface area contributed by atoms with Crippen LogP contribution in [-0.2, 0) is 0 Å². The highest BCUT2D eigenvalue weighted by molar-refractivity contribution is 7.13. The van der Waals surface area contributed by atoms with Crippen molar-refractivity contribution in [1.82, 2.24) is 4.98 Å². The van der Waals surface area contributed by atoms with E-state index in [-0.39, 0.29) is 18.3 Å². The summed E-state index contributed by atoms with van der Waals surface area (Å²) in [7, 11) is 0. The third kappa shape index (κ3) is 5.44. The first-order valence-electron chi connectivity index (χ1n) is 9.97. The Hall–Kier alpha value is -3.15. The Bertz CT molecular complexity index is 1110. The number of anilines is 2. The van der Waals surface area contributed by atoms with Crippen LogP contribution in [0.2, 0.25) is 0 Å². The predicted octanol–water partition coefficient (Wildman–Crippen LogP) is 3.75. The molecule has 7 nitrogen and oxygen atoms in total. The molecule has 174 valence electrons. The number of alkyl halides is 3. The van der Waals surface area contributed by atoms with E-state index in [9.17, 15) is 28.2 Å². The number of hydrogen-bond donors (Lipinski definition) is 3. The number of carbonyl (C=O) groups excluding carboxylic acids is 1. The molecule has 1 aromatic heterocycles. The van der Waals surface area contributed by atoms with Gasteiger partial charge in [0.05, 0.1) is 23.1 Å². The van der Waals surface area contributed by atoms with Crippen LogP contribution in [0.3, 0.4) is 0 Å². The summed E-state index contributed by atoms with van der Waals surface area (Å²) >= 11 is 1.40. The van der Waals surface area contributed by atoms with E-state index in [0.29, 0.717) is 24.3 Å². The highest BCUT2D eigenvalue weighted by Crippen LogP contribution is 2.37. The average Bonchev–Trinajstić information content (AvgIpc) is 3.43. The summed E-state index contributed by atoms with van der Waals surface area (Å²) in [6.45, 7) is 0.705. The third-order valence-electron chi connectivity index (χ3n) is 5.28. The normalized spacial score (nSPS) is 18.4. The Morgan fingerprint density at radius 3 is 2.58 bits per heavy atom. The number of halogens is 3. The van der Waals surface area contributed by atoms with Crippen LogP contribution in [0.25, 0.3) is 10.4 Å². The van der Waals surface area contributed by atoms with Crippen molar-refractivity contribution >= 4 is 28.6 Å². The van der Waals surface area contributed by atoms with Crippen molar-refractivity contribution in [2.75, 3.05) is 29.9 Å². The average molecular weight is 479 g/mol. The van der Waals surface area contributed by atoms with Crippen molar-refractivity contribution in [1.29, 1.82) is 0 Å². The minimum atomic E-state index is -4.79. The summed E-state index contributed by atoms with van der Waals surface area (Å²) in [5, 5.41) is 22.3. The van der Waals surface area contributed by atoms with E-state index >= 15 is 0 Å². The van der Waals surface area contributed by atoms with Gasteiger partial charge >= 0.3 is 6.36 Å². The molecule has 1 aliphatic rings. The number of aromatic nitrogens is 1. The zero-order chi connectivity index (χ0) is 23.6. The Morgan fingerprint density at radius 2 is 1.97 bits per heavy atom. The van der Waals surface area contributed by atoms with Crippen molar-refractivity contribution in [3.8, 4) is 16.2 Å². The molecule has 3 N–H and O–H groups in total. The first kappa shape index (κ1) is 23.0. The smallest absolute Gasteiger partial charge is 0.406 e. The van der Waals surface area contributed by atoms with Gasteiger partial charge in [-0.3, -0.25) is 9.78 Å². The van der Waals surface area contributed by atoms with Gasteiger partial charge in [0.2, 0.25) is 0 Å². The molecule has 1 amide bonds. The van der Waals surface area contributed by atoms with E-state index in [1.54, 1.807) is 29.9 Å². The molecule has 0 aliphatic carbocycles. The zero-order valence-electron chi connectivity index (χ0n) is 17.1. The van der Waals surface area contributed by atoms with E-state index in [0.717, 1.165) is 28.3 Å². The molecule has 1 aliphatic heterocycles. The van der Waals surface area contributed by atoms with E-state index < -0.39 is 18.4 Å². The number of nitrogens with one attached hydrogen (secondary N) is 1. The van der Waals surface area contributed by atoms with Gasteiger partial charge in [-0.25, -0.2) is 0 Å². The van der Waals surface area contributed by atoms with Crippen molar-refractivity contribution in [2.24, 2.45) is 5.92 Å². The lowest BCUT2D eigenvalue weighted by Gasteiger charge is -2.22. The van der Waals surface area contributed by atoms with Gasteiger partial charge in [-0.05, 0) is 42.5 Å². The van der Waals surface area contributed by atoms with Gasteiger partial charge in [0, 0.05) is 47.7 Å². The van der Waals surface area contributed by atoms with Crippen LogP contribution in [-0.4, -0.2) is 53.3 Å². The fourth-order valence-electron chi connectivity index (χ4n) is 3.67. The first-order chi connectivity index (χ1) is 15.7. The number of aliphatic hydroxyl groups excluding tert-OH is 2. The molecule has 2 heterocycles. The maximum atomic E-state index is 12.8. The first-order valence-corrected chi connectivity index (χ1v) is 10.9. The number of hydrogen-bond acceptors (Lipinski definition) is 7. The molecule has 0 radical (unpaired) electrons. The van der Waals surface area contributed by atoms with Gasteiger partial charge in [0.25, 0.3) is 5.91 Å². The Morgan fingerprint density at radius 1 is 1.21 bits per heavy atom. The van der Waals surface area contributed by atoms with E-state index in [1.165, 1.54) is 23.5 Å². The van der Waals surface area contributed by atoms with Gasteiger partial charge < -0.3 is 25.2 Å². The molecule has 1 saturated heterocycles. The fraction of sp³-hybridized carbons (Fsp3) is 0.273. The minimum Gasteiger partial charge on any atom is -0.406 e. The summed E-state index contributed by atoms with van der Waals surface area (Å²) in [5.41, 5.74) is 3.89. The van der Waals surface area contributed by atoms with Crippen LogP contribution in [0.15, 0.2) is 54.2 Å². The monoisotopic (exact) mass is 479 g/mol. The number of thiazole rings is 1. The third-order valence-corrected chi connectivity index (χ3v) is 6.09. The molecule has 0 saturated carbocycles. The number of β-amino-alcohol motifs (C(OH)–C–C–N with tert-alkyl or cyclic N) is 1.